The average Bonchev–Trinajstić information content (AvgIpc) is 2.40. The number of carbonyl (C=O) groups is 1. The lowest BCUT2D eigenvalue weighted by molar-refractivity contribution is -0.118. The van der Waals surface area contributed by atoms with Gasteiger partial charge in [0, 0.05) is 24.7 Å². The number of Topliss-reactive ketones (excluding diaryl/α,β-unsaturated/α-hetero) is 1. The number of carbonyl (C=O) groups excluding carboxylic acids is 1. The number of benzene rings is 1. The van der Waals surface area contributed by atoms with E-state index in [0.717, 1.165) is 17.7 Å². The molecule has 2 aromatic rings. The number of aromatic nitrogens is 1. The average molecular weight is 239 g/mol. The maximum atomic E-state index is 11.8. The highest BCUT2D eigenvalue weighted by Crippen LogP contribution is 2.06. The summed E-state index contributed by atoms with van der Waals surface area (Å²) in [5.74, 6) is 0.246. The first-order valence-electron chi connectivity index (χ1n) is 6.21. The number of ketones is 1. The van der Waals surface area contributed by atoms with Crippen molar-refractivity contribution < 1.29 is 4.79 Å². The molecule has 2 heteroatoms. The van der Waals surface area contributed by atoms with Gasteiger partial charge in [-0.05, 0) is 30.5 Å². The van der Waals surface area contributed by atoms with Gasteiger partial charge in [-0.1, -0.05) is 36.4 Å². The monoisotopic (exact) mass is 239 g/mol. The third kappa shape index (κ3) is 3.81. The molecular formula is C16H17NO. The summed E-state index contributed by atoms with van der Waals surface area (Å²) in [4.78, 5) is 16.1. The van der Waals surface area contributed by atoms with Gasteiger partial charge in [0.2, 0.25) is 0 Å². The lowest BCUT2D eigenvalue weighted by Crippen LogP contribution is -2.05. The third-order valence-electron chi connectivity index (χ3n) is 2.89. The molecule has 0 unspecified atom stereocenters. The van der Waals surface area contributed by atoms with Crippen LogP contribution in [0.1, 0.15) is 23.2 Å². The van der Waals surface area contributed by atoms with Crippen molar-refractivity contribution in [3.63, 3.8) is 0 Å². The molecule has 1 aromatic heterocycles. The van der Waals surface area contributed by atoms with Gasteiger partial charge in [0.25, 0.3) is 0 Å². The lowest BCUT2D eigenvalue weighted by atomic mass is 10.0. The molecule has 1 heterocycles. The van der Waals surface area contributed by atoms with E-state index < -0.39 is 0 Å². The van der Waals surface area contributed by atoms with Crippen LogP contribution in [0, 0.1) is 6.92 Å². The zero-order chi connectivity index (χ0) is 12.8. The lowest BCUT2D eigenvalue weighted by Gasteiger charge is -2.02. The summed E-state index contributed by atoms with van der Waals surface area (Å²) in [5.41, 5.74) is 3.19. The van der Waals surface area contributed by atoms with Gasteiger partial charge in [0.15, 0.2) is 0 Å². The summed E-state index contributed by atoms with van der Waals surface area (Å²) < 4.78 is 0. The molecule has 0 saturated carbocycles. The third-order valence-corrected chi connectivity index (χ3v) is 2.89. The van der Waals surface area contributed by atoms with Crippen LogP contribution in [0.2, 0.25) is 0 Å². The molecule has 0 saturated heterocycles. The van der Waals surface area contributed by atoms with Gasteiger partial charge in [-0.2, -0.15) is 0 Å². The first-order valence-corrected chi connectivity index (χ1v) is 6.21. The molecule has 0 N–H and O–H groups in total. The van der Waals surface area contributed by atoms with E-state index in [2.05, 4.69) is 17.1 Å². The van der Waals surface area contributed by atoms with Gasteiger partial charge in [-0.3, -0.25) is 9.78 Å². The van der Waals surface area contributed by atoms with Crippen LogP contribution in [0.25, 0.3) is 0 Å². The van der Waals surface area contributed by atoms with E-state index in [-0.39, 0.29) is 5.78 Å². The summed E-state index contributed by atoms with van der Waals surface area (Å²) >= 11 is 0. The van der Waals surface area contributed by atoms with Crippen LogP contribution in [-0.4, -0.2) is 10.8 Å². The molecule has 0 bridgehead atoms. The molecule has 92 valence electrons. The number of hydrogen-bond acceptors (Lipinski definition) is 2. The van der Waals surface area contributed by atoms with Crippen molar-refractivity contribution in [2.75, 3.05) is 0 Å². The number of nitrogens with zero attached hydrogens (tertiary/aromatic N) is 1. The Morgan fingerprint density at radius 3 is 2.56 bits per heavy atom. The molecule has 0 amide bonds. The second-order valence-corrected chi connectivity index (χ2v) is 4.53. The minimum Gasteiger partial charge on any atom is -0.299 e. The highest BCUT2D eigenvalue weighted by atomic mass is 16.1. The highest BCUT2D eigenvalue weighted by molar-refractivity contribution is 5.80. The predicted molar refractivity (Wildman–Crippen MR) is 72.4 cm³/mol. The maximum absolute atomic E-state index is 11.8. The SMILES string of the molecule is Cc1ccc(CC(=O)CCc2ccccc2)nc1. The van der Waals surface area contributed by atoms with Crippen molar-refractivity contribution in [1.29, 1.82) is 0 Å². The normalized spacial score (nSPS) is 10.3. The van der Waals surface area contributed by atoms with Gasteiger partial charge in [0.05, 0.1) is 0 Å². The van der Waals surface area contributed by atoms with Gasteiger partial charge in [-0.15, -0.1) is 0 Å². The van der Waals surface area contributed by atoms with Gasteiger partial charge in [-0.25, -0.2) is 0 Å². The molecule has 0 aliphatic heterocycles. The zero-order valence-corrected chi connectivity index (χ0v) is 10.6. The fourth-order valence-electron chi connectivity index (χ4n) is 1.82. The fraction of sp³-hybridized carbons (Fsp3) is 0.250. The Labute approximate surface area is 108 Å². The number of pyridine rings is 1. The molecule has 0 radical (unpaired) electrons. The van der Waals surface area contributed by atoms with Gasteiger partial charge >= 0.3 is 0 Å². The molecule has 2 nitrogen and oxygen atoms in total. The Kier molecular flexibility index (Phi) is 4.24. The standard InChI is InChI=1S/C16H17NO/c1-13-7-9-15(17-12-13)11-16(18)10-8-14-5-3-2-4-6-14/h2-7,9,12H,8,10-11H2,1H3. The number of aryl methyl sites for hydroxylation is 2. The summed E-state index contributed by atoms with van der Waals surface area (Å²) in [6.07, 6.45) is 3.64. The predicted octanol–water partition coefficient (Wildman–Crippen LogP) is 3.13. The van der Waals surface area contributed by atoms with E-state index in [1.54, 1.807) is 6.20 Å². The summed E-state index contributed by atoms with van der Waals surface area (Å²) in [6, 6.07) is 14.0. The van der Waals surface area contributed by atoms with E-state index >= 15 is 0 Å². The summed E-state index contributed by atoms with van der Waals surface area (Å²) in [5, 5.41) is 0. The van der Waals surface area contributed by atoms with Crippen molar-refractivity contribution in [2.45, 2.75) is 26.2 Å². The van der Waals surface area contributed by atoms with Crippen molar-refractivity contribution in [2.24, 2.45) is 0 Å². The second-order valence-electron chi connectivity index (χ2n) is 4.53. The van der Waals surface area contributed by atoms with Crippen LogP contribution in [0.5, 0.6) is 0 Å². The Morgan fingerprint density at radius 1 is 1.11 bits per heavy atom. The quantitative estimate of drug-likeness (QED) is 0.802. The zero-order valence-electron chi connectivity index (χ0n) is 10.6. The minimum absolute atomic E-state index is 0.246. The molecule has 2 rings (SSSR count). The van der Waals surface area contributed by atoms with E-state index in [4.69, 9.17) is 0 Å². The molecule has 0 aliphatic carbocycles. The van der Waals surface area contributed by atoms with E-state index in [0.29, 0.717) is 12.8 Å². The second kappa shape index (κ2) is 6.10. The van der Waals surface area contributed by atoms with Crippen LogP contribution in [0.15, 0.2) is 48.7 Å². The molecule has 0 aliphatic rings. The smallest absolute Gasteiger partial charge is 0.139 e. The van der Waals surface area contributed by atoms with Crippen LogP contribution in [-0.2, 0) is 17.6 Å². The first-order chi connectivity index (χ1) is 8.74. The van der Waals surface area contributed by atoms with Crippen LogP contribution < -0.4 is 0 Å². The van der Waals surface area contributed by atoms with Gasteiger partial charge in [0.1, 0.15) is 5.78 Å². The van der Waals surface area contributed by atoms with Crippen molar-refractivity contribution in [1.82, 2.24) is 4.98 Å². The summed E-state index contributed by atoms with van der Waals surface area (Å²) in [6.45, 7) is 1.99. The molecule has 0 atom stereocenters. The Morgan fingerprint density at radius 2 is 1.89 bits per heavy atom. The van der Waals surface area contributed by atoms with E-state index in [1.807, 2.05) is 37.3 Å². The van der Waals surface area contributed by atoms with E-state index in [1.165, 1.54) is 5.56 Å². The molecule has 18 heavy (non-hydrogen) atoms. The van der Waals surface area contributed by atoms with Crippen molar-refractivity contribution in [3.8, 4) is 0 Å². The van der Waals surface area contributed by atoms with Crippen molar-refractivity contribution >= 4 is 5.78 Å². The Hall–Kier alpha value is -1.96. The fourth-order valence-corrected chi connectivity index (χ4v) is 1.82. The first kappa shape index (κ1) is 12.5. The molecule has 1 aromatic carbocycles. The van der Waals surface area contributed by atoms with Crippen LogP contribution in [0.4, 0.5) is 0 Å². The van der Waals surface area contributed by atoms with Crippen molar-refractivity contribution in [3.05, 3.63) is 65.5 Å². The van der Waals surface area contributed by atoms with E-state index in [9.17, 15) is 4.79 Å². The molecular weight excluding hydrogens is 222 g/mol. The maximum Gasteiger partial charge on any atom is 0.139 e. The topological polar surface area (TPSA) is 30.0 Å². The molecule has 0 fully saturated rings. The Balaban J connectivity index is 1.84. The largest absolute Gasteiger partial charge is 0.299 e. The van der Waals surface area contributed by atoms with Crippen LogP contribution in [0.3, 0.4) is 0 Å². The number of rotatable bonds is 5. The molecule has 0 spiro atoms. The highest BCUT2D eigenvalue weighted by Gasteiger charge is 2.05. The minimum atomic E-state index is 0.246. The number of hydrogen-bond donors (Lipinski definition) is 0. The summed E-state index contributed by atoms with van der Waals surface area (Å²) in [7, 11) is 0. The Bertz CT molecular complexity index is 502. The van der Waals surface area contributed by atoms with Gasteiger partial charge < -0.3 is 0 Å². The van der Waals surface area contributed by atoms with Crippen LogP contribution >= 0.6 is 0 Å².